The first kappa shape index (κ1) is 14.1. The van der Waals surface area contributed by atoms with Crippen molar-refractivity contribution in [3.8, 4) is 6.07 Å². The van der Waals surface area contributed by atoms with E-state index in [4.69, 9.17) is 14.5 Å². The Morgan fingerprint density at radius 2 is 2.14 bits per heavy atom. The first-order valence-corrected chi connectivity index (χ1v) is 7.68. The highest BCUT2D eigenvalue weighted by atomic mass is 16.5. The second kappa shape index (κ2) is 6.25. The van der Waals surface area contributed by atoms with E-state index in [2.05, 4.69) is 16.2 Å². The molecule has 2 saturated carbocycles. The highest BCUT2D eigenvalue weighted by Gasteiger charge is 2.30. The fourth-order valence-corrected chi connectivity index (χ4v) is 2.70. The van der Waals surface area contributed by atoms with Crippen molar-refractivity contribution in [3.05, 3.63) is 11.7 Å². The minimum atomic E-state index is -0.284. The number of hydrogen-bond donors (Lipinski definition) is 0. The Hall–Kier alpha value is -1.90. The lowest BCUT2D eigenvalue weighted by atomic mass is 9.87. The van der Waals surface area contributed by atoms with Crippen molar-refractivity contribution >= 4 is 5.97 Å². The van der Waals surface area contributed by atoms with Crippen LogP contribution in [0.25, 0.3) is 0 Å². The summed E-state index contributed by atoms with van der Waals surface area (Å²) in [6, 6.07) is 2.24. The first-order chi connectivity index (χ1) is 10.3. The molecule has 0 amide bonds. The second-order valence-corrected chi connectivity index (χ2v) is 5.87. The summed E-state index contributed by atoms with van der Waals surface area (Å²) in [5.74, 6) is 1.26. The molecule has 2 aliphatic rings. The van der Waals surface area contributed by atoms with Gasteiger partial charge in [-0.15, -0.1) is 0 Å². The van der Waals surface area contributed by atoms with Crippen molar-refractivity contribution in [2.75, 3.05) is 0 Å². The minimum absolute atomic E-state index is 0.160. The van der Waals surface area contributed by atoms with Crippen LogP contribution in [-0.4, -0.2) is 22.2 Å². The summed E-state index contributed by atoms with van der Waals surface area (Å²) in [6.45, 7) is 0. The maximum Gasteiger partial charge on any atom is 0.306 e. The van der Waals surface area contributed by atoms with E-state index < -0.39 is 0 Å². The van der Waals surface area contributed by atoms with Crippen LogP contribution in [0, 0.1) is 17.2 Å². The molecule has 6 nitrogen and oxygen atoms in total. The molecule has 0 aliphatic heterocycles. The molecule has 2 fully saturated rings. The van der Waals surface area contributed by atoms with E-state index in [1.54, 1.807) is 0 Å². The van der Waals surface area contributed by atoms with Crippen molar-refractivity contribution in [1.29, 1.82) is 5.26 Å². The number of aromatic nitrogens is 2. The maximum absolute atomic E-state index is 11.9. The van der Waals surface area contributed by atoms with Crippen molar-refractivity contribution in [1.82, 2.24) is 10.1 Å². The average molecular weight is 289 g/mol. The standard InChI is InChI=1S/C15H19N3O3/c16-9-11-3-1-2-4-12(11)20-14(19)8-7-13-17-15(18-21-13)10-5-6-10/h10-12H,1-8H2/t11-,12+/m1/s1. The molecule has 1 aromatic rings. The van der Waals surface area contributed by atoms with Crippen LogP contribution >= 0.6 is 0 Å². The molecule has 1 aromatic heterocycles. The van der Waals surface area contributed by atoms with E-state index >= 15 is 0 Å². The van der Waals surface area contributed by atoms with Crippen LogP contribution in [0.3, 0.4) is 0 Å². The molecule has 0 spiro atoms. The summed E-state index contributed by atoms with van der Waals surface area (Å²) >= 11 is 0. The van der Waals surface area contributed by atoms with Gasteiger partial charge in [-0.3, -0.25) is 4.79 Å². The Bertz CT molecular complexity index is 545. The Kier molecular flexibility index (Phi) is 4.18. The average Bonchev–Trinajstić information content (AvgIpc) is 3.25. The highest BCUT2D eigenvalue weighted by Crippen LogP contribution is 2.38. The Labute approximate surface area is 123 Å². The molecule has 2 aliphatic carbocycles. The molecule has 3 rings (SSSR count). The van der Waals surface area contributed by atoms with E-state index in [0.717, 1.165) is 44.3 Å². The quantitative estimate of drug-likeness (QED) is 0.774. The number of aryl methyl sites for hydroxylation is 1. The van der Waals surface area contributed by atoms with E-state index in [1.807, 2.05) is 0 Å². The monoisotopic (exact) mass is 289 g/mol. The van der Waals surface area contributed by atoms with Gasteiger partial charge in [0.1, 0.15) is 6.10 Å². The van der Waals surface area contributed by atoms with Crippen molar-refractivity contribution in [2.45, 2.75) is 63.4 Å². The molecule has 0 N–H and O–H groups in total. The van der Waals surface area contributed by atoms with E-state index in [9.17, 15) is 4.79 Å². The van der Waals surface area contributed by atoms with Crippen LogP contribution in [0.15, 0.2) is 4.52 Å². The van der Waals surface area contributed by atoms with Crippen molar-refractivity contribution < 1.29 is 14.1 Å². The zero-order valence-electron chi connectivity index (χ0n) is 12.0. The zero-order valence-corrected chi connectivity index (χ0v) is 12.0. The number of nitriles is 1. The zero-order chi connectivity index (χ0) is 14.7. The van der Waals surface area contributed by atoms with Gasteiger partial charge in [0.15, 0.2) is 5.82 Å². The number of carbonyl (C=O) groups excluding carboxylic acids is 1. The van der Waals surface area contributed by atoms with Gasteiger partial charge >= 0.3 is 5.97 Å². The van der Waals surface area contributed by atoms with Gasteiger partial charge in [-0.25, -0.2) is 0 Å². The van der Waals surface area contributed by atoms with Gasteiger partial charge in [-0.05, 0) is 32.1 Å². The predicted octanol–water partition coefficient (Wildman–Crippen LogP) is 2.51. The van der Waals surface area contributed by atoms with E-state index in [1.165, 1.54) is 0 Å². The second-order valence-electron chi connectivity index (χ2n) is 5.87. The van der Waals surface area contributed by atoms with Crippen LogP contribution in [-0.2, 0) is 16.0 Å². The molecule has 0 bridgehead atoms. The van der Waals surface area contributed by atoms with Gasteiger partial charge in [0.05, 0.1) is 18.4 Å². The summed E-state index contributed by atoms with van der Waals surface area (Å²) in [4.78, 5) is 16.2. The summed E-state index contributed by atoms with van der Waals surface area (Å²) in [5.41, 5.74) is 0. The third-order valence-electron chi connectivity index (χ3n) is 4.12. The number of rotatable bonds is 5. The first-order valence-electron chi connectivity index (χ1n) is 7.68. The largest absolute Gasteiger partial charge is 0.461 e. The van der Waals surface area contributed by atoms with Crippen LogP contribution in [0.1, 0.15) is 62.6 Å². The predicted molar refractivity (Wildman–Crippen MR) is 72.0 cm³/mol. The fourth-order valence-electron chi connectivity index (χ4n) is 2.70. The molecule has 0 unspecified atom stereocenters. The summed E-state index contributed by atoms with van der Waals surface area (Å²) in [6.07, 6.45) is 6.29. The Morgan fingerprint density at radius 1 is 1.33 bits per heavy atom. The highest BCUT2D eigenvalue weighted by molar-refractivity contribution is 5.69. The third kappa shape index (κ3) is 3.60. The third-order valence-corrected chi connectivity index (χ3v) is 4.12. The summed E-state index contributed by atoms with van der Waals surface area (Å²) in [5, 5.41) is 13.0. The van der Waals surface area contributed by atoms with Crippen LogP contribution in [0.2, 0.25) is 0 Å². The van der Waals surface area contributed by atoms with Crippen molar-refractivity contribution in [2.24, 2.45) is 5.92 Å². The number of esters is 1. The van der Waals surface area contributed by atoms with Gasteiger partial charge in [0.2, 0.25) is 5.89 Å². The molecule has 0 radical (unpaired) electrons. The molecule has 1 heterocycles. The molecule has 112 valence electrons. The summed E-state index contributed by atoms with van der Waals surface area (Å²) in [7, 11) is 0. The number of carbonyl (C=O) groups is 1. The van der Waals surface area contributed by atoms with Crippen LogP contribution in [0.5, 0.6) is 0 Å². The number of nitrogens with zero attached hydrogens (tertiary/aromatic N) is 3. The molecule has 0 aromatic carbocycles. The number of ether oxygens (including phenoxy) is 1. The Morgan fingerprint density at radius 3 is 2.90 bits per heavy atom. The van der Waals surface area contributed by atoms with E-state index in [0.29, 0.717) is 18.2 Å². The lowest BCUT2D eigenvalue weighted by Crippen LogP contribution is -2.29. The normalized spacial score (nSPS) is 25.3. The smallest absolute Gasteiger partial charge is 0.306 e. The topological polar surface area (TPSA) is 89.0 Å². The lowest BCUT2D eigenvalue weighted by Gasteiger charge is -2.26. The van der Waals surface area contributed by atoms with Crippen molar-refractivity contribution in [3.63, 3.8) is 0 Å². The molecular weight excluding hydrogens is 270 g/mol. The molecule has 6 heteroatoms. The van der Waals surface area contributed by atoms with Gasteiger partial charge in [-0.2, -0.15) is 10.2 Å². The SMILES string of the molecule is N#C[C@H]1CCCC[C@@H]1OC(=O)CCc1nc(C2CC2)no1. The van der Waals surface area contributed by atoms with Gasteiger partial charge in [0.25, 0.3) is 0 Å². The van der Waals surface area contributed by atoms with Gasteiger partial charge in [-0.1, -0.05) is 11.6 Å². The lowest BCUT2D eigenvalue weighted by molar-refractivity contribution is -0.152. The van der Waals surface area contributed by atoms with Crippen LogP contribution in [0.4, 0.5) is 0 Å². The molecule has 0 saturated heterocycles. The number of hydrogen-bond acceptors (Lipinski definition) is 6. The Balaban J connectivity index is 1.46. The molecule has 21 heavy (non-hydrogen) atoms. The van der Waals surface area contributed by atoms with Gasteiger partial charge in [0, 0.05) is 12.3 Å². The summed E-state index contributed by atoms with van der Waals surface area (Å²) < 4.78 is 10.6. The molecule has 2 atom stereocenters. The molecular formula is C15H19N3O3. The van der Waals surface area contributed by atoms with E-state index in [-0.39, 0.29) is 24.4 Å². The fraction of sp³-hybridized carbons (Fsp3) is 0.733. The van der Waals surface area contributed by atoms with Crippen LogP contribution < -0.4 is 0 Å². The minimum Gasteiger partial charge on any atom is -0.461 e. The maximum atomic E-state index is 11.9. The van der Waals surface area contributed by atoms with Gasteiger partial charge < -0.3 is 9.26 Å².